The van der Waals surface area contributed by atoms with Crippen LogP contribution in [0.3, 0.4) is 0 Å². The number of carbonyl (C=O) groups is 1. The maximum atomic E-state index is 13.0. The lowest BCUT2D eigenvalue weighted by atomic mass is 10.1. The summed E-state index contributed by atoms with van der Waals surface area (Å²) >= 11 is 0. The molecule has 3 nitrogen and oxygen atoms in total. The van der Waals surface area contributed by atoms with E-state index in [9.17, 15) is 4.79 Å². The largest absolute Gasteiger partial charge is 0.320 e. The molecule has 1 heterocycles. The topological polar surface area (TPSA) is 42.0 Å². The highest BCUT2D eigenvalue weighted by atomic mass is 16.1. The summed E-state index contributed by atoms with van der Waals surface area (Å²) in [4.78, 5) is 17.2. The molecule has 98 valence electrons. The summed E-state index contributed by atoms with van der Waals surface area (Å²) in [6, 6.07) is 5.06. The molecule has 0 radical (unpaired) electrons. The van der Waals surface area contributed by atoms with Crippen molar-refractivity contribution in [2.75, 3.05) is 5.31 Å². The predicted molar refractivity (Wildman–Crippen MR) is 80.9 cm³/mol. The van der Waals surface area contributed by atoms with Gasteiger partial charge in [-0.1, -0.05) is 36.3 Å². The molecular formula is C17H14N2O. The first-order valence-electron chi connectivity index (χ1n) is 9.78. The van der Waals surface area contributed by atoms with Gasteiger partial charge in [-0.3, -0.25) is 9.78 Å². The fourth-order valence-electron chi connectivity index (χ4n) is 1.82. The summed E-state index contributed by atoms with van der Waals surface area (Å²) < 4.78 is 62.5. The van der Waals surface area contributed by atoms with Crippen LogP contribution in [0.1, 0.15) is 25.5 Å². The SMILES string of the molecule is [2H]c1c([2H])c([2H])c(C([2H])([2H])[2H])c(C(=O)N([2H])c2cccc3cccnc23)c1[2H]. The smallest absolute Gasteiger partial charge is 0.255 e. The second kappa shape index (κ2) is 5.13. The third kappa shape index (κ3) is 2.26. The third-order valence-corrected chi connectivity index (χ3v) is 2.73. The van der Waals surface area contributed by atoms with Gasteiger partial charge in [-0.05, 0) is 30.6 Å². The van der Waals surface area contributed by atoms with E-state index in [2.05, 4.69) is 4.98 Å². The Bertz CT molecular complexity index is 1090. The number of para-hydroxylation sites is 1. The van der Waals surface area contributed by atoms with E-state index < -0.39 is 48.1 Å². The summed E-state index contributed by atoms with van der Waals surface area (Å²) in [5, 5.41) is 1.05. The molecular weight excluding hydrogens is 248 g/mol. The van der Waals surface area contributed by atoms with Gasteiger partial charge in [0.05, 0.1) is 16.7 Å². The van der Waals surface area contributed by atoms with Gasteiger partial charge in [0.2, 0.25) is 0 Å². The van der Waals surface area contributed by atoms with Crippen molar-refractivity contribution in [1.29, 1.82) is 0 Å². The molecule has 0 saturated carbocycles. The molecule has 0 unspecified atom stereocenters. The lowest BCUT2D eigenvalue weighted by Gasteiger charge is -2.09. The van der Waals surface area contributed by atoms with Crippen LogP contribution in [-0.2, 0) is 0 Å². The van der Waals surface area contributed by atoms with E-state index in [1.165, 1.54) is 12.3 Å². The Hall–Kier alpha value is -2.68. The Labute approximate surface area is 128 Å². The molecule has 2 aromatic carbocycles. The molecule has 1 N–H and O–H groups in total. The van der Waals surface area contributed by atoms with E-state index >= 15 is 0 Å². The van der Waals surface area contributed by atoms with E-state index in [4.69, 9.17) is 11.0 Å². The minimum Gasteiger partial charge on any atom is -0.320 e. The Morgan fingerprint density at radius 2 is 2.15 bits per heavy atom. The number of hydrogen-bond acceptors (Lipinski definition) is 2. The van der Waals surface area contributed by atoms with Crippen LogP contribution in [0.15, 0.2) is 60.7 Å². The number of pyridine rings is 1. The highest BCUT2D eigenvalue weighted by Crippen LogP contribution is 2.21. The van der Waals surface area contributed by atoms with Crippen LogP contribution in [0.5, 0.6) is 0 Å². The molecule has 0 bridgehead atoms. The van der Waals surface area contributed by atoms with E-state index in [-0.39, 0.29) is 5.69 Å². The molecule has 0 aliphatic rings. The quantitative estimate of drug-likeness (QED) is 0.769. The second-order valence-corrected chi connectivity index (χ2v) is 4.02. The van der Waals surface area contributed by atoms with Crippen LogP contribution in [0.4, 0.5) is 5.69 Å². The van der Waals surface area contributed by atoms with Gasteiger partial charge in [-0.25, -0.2) is 0 Å². The molecule has 0 aliphatic heterocycles. The molecule has 0 atom stereocenters. The molecule has 20 heavy (non-hydrogen) atoms. The van der Waals surface area contributed by atoms with Crippen molar-refractivity contribution in [3.8, 4) is 0 Å². The van der Waals surface area contributed by atoms with Crippen molar-refractivity contribution >= 4 is 22.5 Å². The Balaban J connectivity index is 2.25. The molecule has 0 saturated heterocycles. The fourth-order valence-corrected chi connectivity index (χ4v) is 1.82. The van der Waals surface area contributed by atoms with Gasteiger partial charge in [0.25, 0.3) is 5.91 Å². The summed E-state index contributed by atoms with van der Waals surface area (Å²) in [7, 11) is 0. The number of hydrogen-bond donors (Lipinski definition) is 1. The minimum atomic E-state index is -2.97. The first-order valence-corrected chi connectivity index (χ1v) is 5.83. The Morgan fingerprint density at radius 1 is 1.30 bits per heavy atom. The van der Waals surface area contributed by atoms with Crippen molar-refractivity contribution < 1.29 is 15.8 Å². The first-order chi connectivity index (χ1) is 13.1. The van der Waals surface area contributed by atoms with Crippen molar-refractivity contribution in [1.82, 2.24) is 4.98 Å². The van der Waals surface area contributed by atoms with E-state index in [0.717, 1.165) is 0 Å². The van der Waals surface area contributed by atoms with Crippen molar-refractivity contribution in [2.45, 2.75) is 6.85 Å². The van der Waals surface area contributed by atoms with Gasteiger partial charge in [0.15, 0.2) is 1.41 Å². The maximum absolute atomic E-state index is 13.0. The van der Waals surface area contributed by atoms with Gasteiger partial charge in [-0.2, -0.15) is 0 Å². The molecule has 0 aliphatic carbocycles. The van der Waals surface area contributed by atoms with Crippen molar-refractivity contribution in [2.24, 2.45) is 0 Å². The van der Waals surface area contributed by atoms with Crippen molar-refractivity contribution in [3.63, 3.8) is 0 Å². The number of nitrogens with one attached hydrogen (secondary N) is 1. The van der Waals surface area contributed by atoms with Gasteiger partial charge in [0, 0.05) is 21.3 Å². The number of rotatable bonds is 2. The van der Waals surface area contributed by atoms with Gasteiger partial charge in [0.1, 0.15) is 0 Å². The van der Waals surface area contributed by atoms with Crippen LogP contribution in [0.2, 0.25) is 1.41 Å². The monoisotopic (exact) mass is 270 g/mol. The zero-order chi connectivity index (χ0) is 20.8. The lowest BCUT2D eigenvalue weighted by molar-refractivity contribution is 0.102. The lowest BCUT2D eigenvalue weighted by Crippen LogP contribution is -2.13. The number of anilines is 1. The van der Waals surface area contributed by atoms with Crippen LogP contribution >= 0.6 is 0 Å². The van der Waals surface area contributed by atoms with Gasteiger partial charge in [-0.15, -0.1) is 0 Å². The second-order valence-electron chi connectivity index (χ2n) is 4.02. The van der Waals surface area contributed by atoms with E-state index in [1.54, 1.807) is 24.3 Å². The number of carbonyl (C=O) groups excluding carboxylic acids is 1. The van der Waals surface area contributed by atoms with Crippen LogP contribution in [0.25, 0.3) is 10.9 Å². The fraction of sp³-hybridized carbons (Fsp3) is 0.0588. The van der Waals surface area contributed by atoms with Gasteiger partial charge >= 0.3 is 0 Å². The van der Waals surface area contributed by atoms with Gasteiger partial charge < -0.3 is 5.31 Å². The number of nitrogens with zero attached hydrogens (tertiary/aromatic N) is 1. The number of aromatic nitrogens is 1. The minimum absolute atomic E-state index is 0.0620. The normalized spacial score (nSPS) is 16.8. The van der Waals surface area contributed by atoms with Crippen molar-refractivity contribution in [3.05, 3.63) is 71.8 Å². The summed E-state index contributed by atoms with van der Waals surface area (Å²) in [6.45, 7) is -2.97. The summed E-state index contributed by atoms with van der Waals surface area (Å²) in [5.41, 5.74) is -1.18. The van der Waals surface area contributed by atoms with Crippen LogP contribution < -0.4 is 5.31 Å². The summed E-state index contributed by atoms with van der Waals surface area (Å²) in [6.07, 6.45) is 1.48. The molecule has 0 fully saturated rings. The highest BCUT2D eigenvalue weighted by molar-refractivity contribution is 6.08. The number of fused-ring (bicyclic) bond motifs is 1. The standard InChI is InChI=1S/C17H14N2O/c1-12-6-2-3-9-14(12)17(20)19-15-10-4-7-13-8-5-11-18-16(13)15/h2-11H,1H3,(H,19,20)/i1D3,2D,3D,6D,9D/hD. The average Bonchev–Trinajstić information content (AvgIpc) is 2.66. The Morgan fingerprint density at radius 3 is 3.05 bits per heavy atom. The maximum Gasteiger partial charge on any atom is 0.255 e. The third-order valence-electron chi connectivity index (χ3n) is 2.73. The first kappa shape index (κ1) is 6.18. The molecule has 3 heteroatoms. The molecule has 1 amide bonds. The average molecular weight is 270 g/mol. The number of amides is 1. The van der Waals surface area contributed by atoms with E-state index in [1.807, 2.05) is 0 Å². The van der Waals surface area contributed by atoms with Crippen LogP contribution in [-0.4, -0.2) is 10.9 Å². The highest BCUT2D eigenvalue weighted by Gasteiger charge is 2.10. The number of benzene rings is 2. The predicted octanol–water partition coefficient (Wildman–Crippen LogP) is 3.80. The molecule has 0 spiro atoms. The van der Waals surface area contributed by atoms with E-state index in [0.29, 0.717) is 16.2 Å². The molecule has 3 rings (SSSR count). The zero-order valence-electron chi connectivity index (χ0n) is 18.3. The zero-order valence-corrected chi connectivity index (χ0v) is 10.3. The molecule has 1 aromatic heterocycles. The molecule has 3 aromatic rings. The summed E-state index contributed by atoms with van der Waals surface area (Å²) in [5.74, 6) is -1.18. The Kier molecular flexibility index (Phi) is 1.59. The van der Waals surface area contributed by atoms with Crippen LogP contribution in [0, 0.1) is 6.85 Å².